The van der Waals surface area contributed by atoms with E-state index < -0.39 is 24.3 Å². The number of nitro benzene ring substituents is 1. The summed E-state index contributed by atoms with van der Waals surface area (Å²) in [6.07, 6.45) is 0. The lowest BCUT2D eigenvalue weighted by Gasteiger charge is -2.29. The Bertz CT molecular complexity index is 1380. The molecule has 0 fully saturated rings. The predicted octanol–water partition coefficient (Wildman–Crippen LogP) is 7.62. The van der Waals surface area contributed by atoms with E-state index in [4.69, 9.17) is 18.5 Å². The minimum atomic E-state index is -3.88. The van der Waals surface area contributed by atoms with Crippen molar-refractivity contribution < 1.29 is 32.8 Å². The van der Waals surface area contributed by atoms with Gasteiger partial charge in [0, 0.05) is 28.9 Å². The first-order valence-electron chi connectivity index (χ1n) is 13.3. The van der Waals surface area contributed by atoms with E-state index in [0.29, 0.717) is 44.7 Å². The second kappa shape index (κ2) is 14.5. The van der Waals surface area contributed by atoms with Crippen molar-refractivity contribution in [1.82, 2.24) is 4.98 Å². The molecule has 0 radical (unpaired) electrons. The van der Waals surface area contributed by atoms with Crippen LogP contribution in [0.1, 0.15) is 61.3 Å². The van der Waals surface area contributed by atoms with E-state index in [1.165, 1.54) is 35.6 Å². The molecule has 1 atom stereocenters. The van der Waals surface area contributed by atoms with Gasteiger partial charge < -0.3 is 23.8 Å². The van der Waals surface area contributed by atoms with E-state index >= 15 is 0 Å². The summed E-state index contributed by atoms with van der Waals surface area (Å²) in [7, 11) is -3.88. The van der Waals surface area contributed by atoms with Crippen LogP contribution in [0.25, 0.3) is 10.6 Å². The van der Waals surface area contributed by atoms with Gasteiger partial charge in [0.1, 0.15) is 15.6 Å². The number of nitrogens with zero attached hydrogens (tertiary/aromatic N) is 2. The van der Waals surface area contributed by atoms with E-state index in [0.717, 1.165) is 0 Å². The normalized spacial score (nSPS) is 12.3. The molecule has 0 aliphatic rings. The van der Waals surface area contributed by atoms with Crippen LogP contribution in [0.5, 0.6) is 5.75 Å². The number of carbonyl (C=O) groups excluding carboxylic acids is 1. The third-order valence-corrected chi connectivity index (χ3v) is 9.16. The number of aryl methyl sites for hydroxylation is 1. The fourth-order valence-electron chi connectivity index (χ4n) is 3.90. The number of benzene rings is 2. The van der Waals surface area contributed by atoms with Crippen LogP contribution < -0.4 is 10.1 Å². The summed E-state index contributed by atoms with van der Waals surface area (Å²) in [5, 5.41) is 15.0. The molecule has 0 aliphatic carbocycles. The third-order valence-electron chi connectivity index (χ3n) is 5.70. The molecular formula is C28H36N3O8PS. The number of aromatic nitrogens is 1. The highest BCUT2D eigenvalue weighted by atomic mass is 32.1. The van der Waals surface area contributed by atoms with E-state index in [1.807, 2.05) is 19.9 Å². The maximum atomic E-state index is 14.3. The van der Waals surface area contributed by atoms with E-state index in [9.17, 15) is 19.5 Å². The highest BCUT2D eigenvalue weighted by molar-refractivity contribution is 7.54. The molecule has 0 saturated heterocycles. The van der Waals surface area contributed by atoms with Gasteiger partial charge in [0.15, 0.2) is 5.78 Å². The van der Waals surface area contributed by atoms with Crippen molar-refractivity contribution >= 4 is 36.3 Å². The zero-order chi connectivity index (χ0) is 30.2. The highest BCUT2D eigenvalue weighted by Crippen LogP contribution is 2.62. The molecule has 13 heteroatoms. The van der Waals surface area contributed by atoms with Crippen molar-refractivity contribution in [1.29, 1.82) is 0 Å². The van der Waals surface area contributed by atoms with Crippen molar-refractivity contribution in [3.05, 3.63) is 68.7 Å². The molecule has 0 aliphatic heterocycles. The second-order valence-electron chi connectivity index (χ2n) is 9.34. The molecule has 11 nitrogen and oxygen atoms in total. The van der Waals surface area contributed by atoms with E-state index in [1.54, 1.807) is 39.8 Å². The standard InChI is InChI=1S/C28H36N3O8PS/c1-7-36-28(32)25-19(6)29-27(41-25)20-10-15-24(37-17-18(4)5)23(16-20)26(40(35,38-8-2)39-9-3)30-21-11-13-22(14-12-21)31(33)34/h10-16,18,26,30H,7-9,17H2,1-6H3. The Labute approximate surface area is 243 Å². The number of hydrogen-bond acceptors (Lipinski definition) is 11. The fourth-order valence-corrected chi connectivity index (χ4v) is 6.80. The second-order valence-corrected chi connectivity index (χ2v) is 12.4. The molecule has 0 spiro atoms. The summed E-state index contributed by atoms with van der Waals surface area (Å²) in [5.41, 5.74) is 2.08. The van der Waals surface area contributed by atoms with Crippen LogP contribution in [0.15, 0.2) is 42.5 Å². The quantitative estimate of drug-likeness (QED) is 0.0796. The highest BCUT2D eigenvalue weighted by Gasteiger charge is 2.39. The number of esters is 1. The van der Waals surface area contributed by atoms with Crippen LogP contribution >= 0.6 is 18.9 Å². The fraction of sp³-hybridized carbons (Fsp3) is 0.429. The van der Waals surface area contributed by atoms with Gasteiger partial charge in [0.25, 0.3) is 5.69 Å². The maximum Gasteiger partial charge on any atom is 0.357 e. The largest absolute Gasteiger partial charge is 0.493 e. The summed E-state index contributed by atoms with van der Waals surface area (Å²) in [6, 6.07) is 11.1. The SMILES string of the molecule is CCOC(=O)c1sc(-c2ccc(OCC(C)C)c(C(Nc3ccc([N+](=O)[O-])cc3)P(=O)(OCC)OCC)c2)nc1C. The van der Waals surface area contributed by atoms with E-state index in [2.05, 4.69) is 10.3 Å². The number of carbonyl (C=O) groups is 1. The molecular weight excluding hydrogens is 569 g/mol. The molecule has 1 unspecified atom stereocenters. The van der Waals surface area contributed by atoms with Crippen LogP contribution in [-0.4, -0.2) is 42.3 Å². The maximum absolute atomic E-state index is 14.3. The molecule has 3 rings (SSSR count). The van der Waals surface area contributed by atoms with E-state index in [-0.39, 0.29) is 31.4 Å². The van der Waals surface area contributed by atoms with Crippen LogP contribution in [0.4, 0.5) is 11.4 Å². The summed E-state index contributed by atoms with van der Waals surface area (Å²) >= 11 is 1.20. The lowest BCUT2D eigenvalue weighted by Crippen LogP contribution is -2.17. The number of non-ortho nitro benzene ring substituents is 1. The van der Waals surface area contributed by atoms with Gasteiger partial charge in [0.2, 0.25) is 0 Å². The van der Waals surface area contributed by atoms with Crippen molar-refractivity contribution in [3.8, 4) is 16.3 Å². The molecule has 222 valence electrons. The van der Waals surface area contributed by atoms with Gasteiger partial charge in [-0.05, 0) is 63.9 Å². The van der Waals surface area contributed by atoms with Gasteiger partial charge in [-0.3, -0.25) is 14.7 Å². The molecule has 3 aromatic rings. The van der Waals surface area contributed by atoms with Crippen molar-refractivity contribution in [2.45, 2.75) is 47.3 Å². The Morgan fingerprint density at radius 3 is 2.29 bits per heavy atom. The topological polar surface area (TPSA) is 139 Å². The van der Waals surface area contributed by atoms with Crippen molar-refractivity contribution in [2.75, 3.05) is 31.7 Å². The van der Waals surface area contributed by atoms with Crippen molar-refractivity contribution in [3.63, 3.8) is 0 Å². The predicted molar refractivity (Wildman–Crippen MR) is 159 cm³/mol. The summed E-state index contributed by atoms with van der Waals surface area (Å²) < 4.78 is 37.2. The smallest absolute Gasteiger partial charge is 0.357 e. The lowest BCUT2D eigenvalue weighted by atomic mass is 10.1. The number of thiazole rings is 1. The Kier molecular flexibility index (Phi) is 11.4. The minimum Gasteiger partial charge on any atom is -0.493 e. The number of nitro groups is 1. The Morgan fingerprint density at radius 2 is 1.73 bits per heavy atom. The number of rotatable bonds is 15. The first-order valence-corrected chi connectivity index (χ1v) is 15.8. The van der Waals surface area contributed by atoms with Crippen LogP contribution in [0.3, 0.4) is 0 Å². The van der Waals surface area contributed by atoms with Crippen LogP contribution in [-0.2, 0) is 18.3 Å². The minimum absolute atomic E-state index is 0.0793. The molecule has 1 N–H and O–H groups in total. The molecule has 1 aromatic heterocycles. The van der Waals surface area contributed by atoms with Gasteiger partial charge in [0.05, 0.1) is 37.0 Å². The lowest BCUT2D eigenvalue weighted by molar-refractivity contribution is -0.384. The molecule has 2 aromatic carbocycles. The van der Waals surface area contributed by atoms with Crippen LogP contribution in [0, 0.1) is 23.0 Å². The molecule has 0 saturated carbocycles. The molecule has 41 heavy (non-hydrogen) atoms. The monoisotopic (exact) mass is 605 g/mol. The number of ether oxygens (including phenoxy) is 2. The van der Waals surface area contributed by atoms with Gasteiger partial charge >= 0.3 is 13.6 Å². The Hall–Kier alpha value is -3.31. The molecule has 0 amide bonds. The first-order chi connectivity index (χ1) is 19.5. The zero-order valence-electron chi connectivity index (χ0n) is 24.0. The Morgan fingerprint density at radius 1 is 1.07 bits per heavy atom. The number of nitrogens with one attached hydrogen (secondary N) is 1. The van der Waals surface area contributed by atoms with Gasteiger partial charge in [-0.2, -0.15) is 0 Å². The van der Waals surface area contributed by atoms with Gasteiger partial charge in [-0.15, -0.1) is 11.3 Å². The number of hydrogen-bond donors (Lipinski definition) is 1. The average molecular weight is 606 g/mol. The van der Waals surface area contributed by atoms with Crippen molar-refractivity contribution in [2.24, 2.45) is 5.92 Å². The third kappa shape index (κ3) is 8.13. The zero-order valence-corrected chi connectivity index (χ0v) is 25.8. The van der Waals surface area contributed by atoms with Crippen LogP contribution in [0.2, 0.25) is 0 Å². The summed E-state index contributed by atoms with van der Waals surface area (Å²) in [4.78, 5) is 28.1. The number of anilines is 1. The molecule has 0 bridgehead atoms. The average Bonchev–Trinajstić information content (AvgIpc) is 3.32. The van der Waals surface area contributed by atoms with Gasteiger partial charge in [-0.1, -0.05) is 13.8 Å². The summed E-state index contributed by atoms with van der Waals surface area (Å²) in [5.74, 6) is -0.819. The van der Waals surface area contributed by atoms with Gasteiger partial charge in [-0.25, -0.2) is 9.78 Å². The Balaban J connectivity index is 2.19. The first kappa shape index (κ1) is 32.2. The summed E-state index contributed by atoms with van der Waals surface area (Å²) in [6.45, 7) is 11.8. The molecule has 1 heterocycles.